The van der Waals surface area contributed by atoms with Crippen LogP contribution in [0.5, 0.6) is 0 Å². The van der Waals surface area contributed by atoms with Crippen LogP contribution in [0.3, 0.4) is 0 Å². The average molecular weight is 233 g/mol. The third-order valence-corrected chi connectivity index (χ3v) is 3.51. The van der Waals surface area contributed by atoms with Crippen LogP contribution in [0.2, 0.25) is 0 Å². The van der Waals surface area contributed by atoms with E-state index in [0.29, 0.717) is 6.04 Å². The molecule has 0 saturated heterocycles. The van der Waals surface area contributed by atoms with Crippen molar-refractivity contribution in [1.82, 2.24) is 0 Å². The van der Waals surface area contributed by atoms with Crippen molar-refractivity contribution in [1.29, 1.82) is 0 Å². The van der Waals surface area contributed by atoms with Crippen molar-refractivity contribution in [2.24, 2.45) is 0 Å². The van der Waals surface area contributed by atoms with Crippen molar-refractivity contribution < 1.29 is 9.90 Å². The first-order chi connectivity index (χ1) is 8.04. The van der Waals surface area contributed by atoms with Crippen LogP contribution in [0.15, 0.2) is 24.3 Å². The van der Waals surface area contributed by atoms with Gasteiger partial charge in [0.2, 0.25) is 0 Å². The maximum absolute atomic E-state index is 11.4. The summed E-state index contributed by atoms with van der Waals surface area (Å²) in [6.45, 7) is 4.16. The summed E-state index contributed by atoms with van der Waals surface area (Å²) in [5.41, 5.74) is 1.37. The van der Waals surface area contributed by atoms with E-state index in [4.69, 9.17) is 0 Å². The smallest absolute Gasteiger partial charge is 0.314 e. The van der Waals surface area contributed by atoms with E-state index in [1.807, 2.05) is 24.3 Å². The Bertz CT molecular complexity index is 405. The highest BCUT2D eigenvalue weighted by Crippen LogP contribution is 2.44. The standard InChI is InChI=1S/C14H19NO2/c1-10(2)15-12-6-4-11(5-7-12)14(13(16)17)8-3-9-14/h4-7,10,15H,3,8-9H2,1-2H3,(H,16,17). The molecule has 0 aromatic heterocycles. The zero-order chi connectivity index (χ0) is 12.5. The monoisotopic (exact) mass is 233 g/mol. The Morgan fingerprint density at radius 2 is 1.88 bits per heavy atom. The summed E-state index contributed by atoms with van der Waals surface area (Å²) in [4.78, 5) is 11.4. The number of anilines is 1. The molecule has 1 aliphatic carbocycles. The number of carbonyl (C=O) groups is 1. The molecule has 2 N–H and O–H groups in total. The van der Waals surface area contributed by atoms with Gasteiger partial charge in [0.15, 0.2) is 0 Å². The van der Waals surface area contributed by atoms with Crippen molar-refractivity contribution >= 4 is 11.7 Å². The van der Waals surface area contributed by atoms with E-state index in [0.717, 1.165) is 30.5 Å². The van der Waals surface area contributed by atoms with Gasteiger partial charge in [0.05, 0.1) is 5.41 Å². The maximum Gasteiger partial charge on any atom is 0.314 e. The van der Waals surface area contributed by atoms with Crippen LogP contribution in [-0.2, 0) is 10.2 Å². The summed E-state index contributed by atoms with van der Waals surface area (Å²) < 4.78 is 0. The molecule has 1 aromatic rings. The molecule has 0 amide bonds. The van der Waals surface area contributed by atoms with Gasteiger partial charge in [0.25, 0.3) is 0 Å². The summed E-state index contributed by atoms with van der Waals surface area (Å²) in [7, 11) is 0. The average Bonchev–Trinajstić information content (AvgIpc) is 2.17. The number of rotatable bonds is 4. The highest BCUT2D eigenvalue weighted by atomic mass is 16.4. The molecule has 0 heterocycles. The molecule has 0 aliphatic heterocycles. The van der Waals surface area contributed by atoms with Crippen molar-refractivity contribution in [2.75, 3.05) is 5.32 Å². The predicted molar refractivity (Wildman–Crippen MR) is 68.4 cm³/mol. The largest absolute Gasteiger partial charge is 0.481 e. The molecule has 1 saturated carbocycles. The van der Waals surface area contributed by atoms with E-state index in [9.17, 15) is 9.90 Å². The molecule has 92 valence electrons. The predicted octanol–water partition coefficient (Wildman–Crippen LogP) is 3.01. The summed E-state index contributed by atoms with van der Waals surface area (Å²) in [5.74, 6) is -0.687. The molecule has 1 aromatic carbocycles. The van der Waals surface area contributed by atoms with Gasteiger partial charge in [0, 0.05) is 11.7 Å². The van der Waals surface area contributed by atoms with Gasteiger partial charge in [-0.05, 0) is 44.4 Å². The molecule has 1 fully saturated rings. The van der Waals surface area contributed by atoms with Gasteiger partial charge < -0.3 is 10.4 Å². The zero-order valence-electron chi connectivity index (χ0n) is 10.4. The first-order valence-electron chi connectivity index (χ1n) is 6.15. The van der Waals surface area contributed by atoms with Gasteiger partial charge in [-0.15, -0.1) is 0 Å². The van der Waals surface area contributed by atoms with Gasteiger partial charge in [-0.3, -0.25) is 4.79 Å². The SMILES string of the molecule is CC(C)Nc1ccc(C2(C(=O)O)CCC2)cc1. The van der Waals surface area contributed by atoms with Crippen molar-refractivity contribution in [2.45, 2.75) is 44.6 Å². The van der Waals surface area contributed by atoms with Crippen molar-refractivity contribution in [3.05, 3.63) is 29.8 Å². The first-order valence-corrected chi connectivity index (χ1v) is 6.15. The van der Waals surface area contributed by atoms with Gasteiger partial charge in [-0.2, -0.15) is 0 Å². The summed E-state index contributed by atoms with van der Waals surface area (Å²) >= 11 is 0. The van der Waals surface area contributed by atoms with Gasteiger partial charge in [0.1, 0.15) is 0 Å². The molecule has 0 bridgehead atoms. The topological polar surface area (TPSA) is 49.3 Å². The number of hydrogen-bond acceptors (Lipinski definition) is 2. The molecule has 3 heteroatoms. The highest BCUT2D eigenvalue weighted by Gasteiger charge is 2.45. The number of hydrogen-bond donors (Lipinski definition) is 2. The second-order valence-electron chi connectivity index (χ2n) is 5.12. The Morgan fingerprint density at radius 1 is 1.29 bits per heavy atom. The lowest BCUT2D eigenvalue weighted by Crippen LogP contribution is -2.42. The minimum atomic E-state index is -0.687. The molecule has 0 unspecified atom stereocenters. The fraction of sp³-hybridized carbons (Fsp3) is 0.500. The maximum atomic E-state index is 11.4. The van der Waals surface area contributed by atoms with Crippen LogP contribution in [0.4, 0.5) is 5.69 Å². The molecule has 17 heavy (non-hydrogen) atoms. The van der Waals surface area contributed by atoms with E-state index < -0.39 is 11.4 Å². The van der Waals surface area contributed by atoms with Crippen molar-refractivity contribution in [3.63, 3.8) is 0 Å². The second-order valence-corrected chi connectivity index (χ2v) is 5.12. The second kappa shape index (κ2) is 4.40. The molecular weight excluding hydrogens is 214 g/mol. The van der Waals surface area contributed by atoms with E-state index in [1.165, 1.54) is 0 Å². The zero-order valence-corrected chi connectivity index (χ0v) is 10.4. The van der Waals surface area contributed by atoms with Crippen LogP contribution < -0.4 is 5.32 Å². The first kappa shape index (κ1) is 12.0. The Balaban J connectivity index is 2.20. The lowest BCUT2D eigenvalue weighted by atomic mass is 9.64. The number of carboxylic acid groups (broad SMARTS) is 1. The lowest BCUT2D eigenvalue weighted by Gasteiger charge is -2.38. The third-order valence-electron chi connectivity index (χ3n) is 3.51. The fourth-order valence-corrected chi connectivity index (χ4v) is 2.38. The molecule has 3 nitrogen and oxygen atoms in total. The van der Waals surface area contributed by atoms with Crippen LogP contribution in [0, 0.1) is 0 Å². The Kier molecular flexibility index (Phi) is 3.09. The minimum absolute atomic E-state index is 0.387. The molecule has 1 aliphatic rings. The van der Waals surface area contributed by atoms with E-state index in [1.54, 1.807) is 0 Å². The molecular formula is C14H19NO2. The minimum Gasteiger partial charge on any atom is -0.481 e. The third kappa shape index (κ3) is 2.14. The quantitative estimate of drug-likeness (QED) is 0.840. The summed E-state index contributed by atoms with van der Waals surface area (Å²) in [6, 6.07) is 8.21. The van der Waals surface area contributed by atoms with Crippen LogP contribution >= 0.6 is 0 Å². The fourth-order valence-electron chi connectivity index (χ4n) is 2.38. The summed E-state index contributed by atoms with van der Waals surface area (Å²) in [6.07, 6.45) is 2.54. The molecule has 0 atom stereocenters. The molecule has 0 radical (unpaired) electrons. The number of aliphatic carboxylic acids is 1. The number of nitrogens with one attached hydrogen (secondary N) is 1. The van der Waals surface area contributed by atoms with Crippen LogP contribution in [0.25, 0.3) is 0 Å². The van der Waals surface area contributed by atoms with E-state index >= 15 is 0 Å². The molecule has 2 rings (SSSR count). The Morgan fingerprint density at radius 3 is 2.24 bits per heavy atom. The van der Waals surface area contributed by atoms with E-state index in [2.05, 4.69) is 19.2 Å². The highest BCUT2D eigenvalue weighted by molar-refractivity contribution is 5.82. The normalized spacial score (nSPS) is 17.6. The number of carboxylic acids is 1. The van der Waals surface area contributed by atoms with Gasteiger partial charge in [-0.25, -0.2) is 0 Å². The van der Waals surface area contributed by atoms with Crippen LogP contribution in [-0.4, -0.2) is 17.1 Å². The summed E-state index contributed by atoms with van der Waals surface area (Å²) in [5, 5.41) is 12.6. The van der Waals surface area contributed by atoms with Gasteiger partial charge in [-0.1, -0.05) is 18.6 Å². The Hall–Kier alpha value is -1.51. The number of benzene rings is 1. The Labute approximate surface area is 102 Å². The van der Waals surface area contributed by atoms with E-state index in [-0.39, 0.29) is 0 Å². The lowest BCUT2D eigenvalue weighted by molar-refractivity contribution is -0.147. The van der Waals surface area contributed by atoms with Gasteiger partial charge >= 0.3 is 5.97 Å². The van der Waals surface area contributed by atoms with Crippen molar-refractivity contribution in [3.8, 4) is 0 Å². The molecule has 0 spiro atoms. The van der Waals surface area contributed by atoms with Crippen LogP contribution in [0.1, 0.15) is 38.7 Å².